The van der Waals surface area contributed by atoms with Crippen LogP contribution >= 0.6 is 0 Å². The van der Waals surface area contributed by atoms with Gasteiger partial charge in [-0.2, -0.15) is 13.2 Å². The Morgan fingerprint density at radius 3 is 2.53 bits per heavy atom. The average molecular weight is 214 g/mol. The van der Waals surface area contributed by atoms with Crippen LogP contribution in [0.15, 0.2) is 28.7 Å². The van der Waals surface area contributed by atoms with Gasteiger partial charge >= 0.3 is 6.18 Å². The number of aldehydes is 1. The highest BCUT2D eigenvalue weighted by Gasteiger charge is 2.30. The highest BCUT2D eigenvalue weighted by molar-refractivity contribution is 5.85. The highest BCUT2D eigenvalue weighted by atomic mass is 19.4. The molecule has 2 aromatic rings. The lowest BCUT2D eigenvalue weighted by atomic mass is 10.1. The molecule has 78 valence electrons. The predicted molar refractivity (Wildman–Crippen MR) is 46.6 cm³/mol. The van der Waals surface area contributed by atoms with Gasteiger partial charge in [-0.1, -0.05) is 0 Å². The Hall–Kier alpha value is -1.78. The van der Waals surface area contributed by atoms with Crippen LogP contribution in [0.1, 0.15) is 16.1 Å². The minimum Gasteiger partial charge on any atom is -0.453 e. The first-order valence-corrected chi connectivity index (χ1v) is 4.06. The molecule has 1 heterocycles. The fourth-order valence-electron chi connectivity index (χ4n) is 1.30. The van der Waals surface area contributed by atoms with Crippen molar-refractivity contribution in [2.75, 3.05) is 0 Å². The van der Waals surface area contributed by atoms with Crippen molar-refractivity contribution in [3.63, 3.8) is 0 Å². The topological polar surface area (TPSA) is 30.2 Å². The van der Waals surface area contributed by atoms with Crippen LogP contribution in [0.4, 0.5) is 13.2 Å². The molecule has 1 aromatic carbocycles. The van der Waals surface area contributed by atoms with E-state index in [-0.39, 0.29) is 16.7 Å². The molecule has 0 aliphatic heterocycles. The van der Waals surface area contributed by atoms with Crippen molar-refractivity contribution in [2.24, 2.45) is 0 Å². The first-order valence-electron chi connectivity index (χ1n) is 4.06. The Labute approximate surface area is 82.3 Å². The second-order valence-corrected chi connectivity index (χ2v) is 3.02. The van der Waals surface area contributed by atoms with E-state index in [1.807, 2.05) is 0 Å². The van der Waals surface area contributed by atoms with Crippen LogP contribution in [-0.2, 0) is 6.18 Å². The van der Waals surface area contributed by atoms with E-state index in [4.69, 9.17) is 4.42 Å². The molecule has 0 saturated carbocycles. The number of rotatable bonds is 1. The Morgan fingerprint density at radius 2 is 1.93 bits per heavy atom. The monoisotopic (exact) mass is 214 g/mol. The maximum atomic E-state index is 12.3. The zero-order valence-electron chi connectivity index (χ0n) is 7.34. The smallest absolute Gasteiger partial charge is 0.416 e. The maximum absolute atomic E-state index is 12.3. The van der Waals surface area contributed by atoms with Gasteiger partial charge in [-0.25, -0.2) is 0 Å². The van der Waals surface area contributed by atoms with Gasteiger partial charge in [-0.3, -0.25) is 4.79 Å². The summed E-state index contributed by atoms with van der Waals surface area (Å²) in [6.07, 6.45) is -3.93. The van der Waals surface area contributed by atoms with Crippen LogP contribution in [0.5, 0.6) is 0 Å². The summed E-state index contributed by atoms with van der Waals surface area (Å²) in [6.45, 7) is 0. The molecule has 2 rings (SSSR count). The molecule has 5 heteroatoms. The highest BCUT2D eigenvalue weighted by Crippen LogP contribution is 2.32. The van der Waals surface area contributed by atoms with Gasteiger partial charge in [0.15, 0.2) is 12.0 Å². The zero-order chi connectivity index (χ0) is 11.1. The van der Waals surface area contributed by atoms with Gasteiger partial charge in [0, 0.05) is 5.39 Å². The number of furan rings is 1. The van der Waals surface area contributed by atoms with Crippen molar-refractivity contribution in [3.8, 4) is 0 Å². The Balaban J connectivity index is 2.60. The summed E-state index contributed by atoms with van der Waals surface area (Å²) in [5, 5.41) is 0.270. The molecule has 1 aromatic heterocycles. The molecule has 0 fully saturated rings. The number of fused-ring (bicyclic) bond motifs is 1. The van der Waals surface area contributed by atoms with E-state index in [9.17, 15) is 18.0 Å². The van der Waals surface area contributed by atoms with Crippen LogP contribution in [0.3, 0.4) is 0 Å². The van der Waals surface area contributed by atoms with Crippen LogP contribution in [0.25, 0.3) is 11.0 Å². The standard InChI is InChI=1S/C10H5F3O2/c11-10(12,13)7-1-2-9-6(3-7)4-8(5-14)15-9/h1-5H. The van der Waals surface area contributed by atoms with E-state index >= 15 is 0 Å². The zero-order valence-corrected chi connectivity index (χ0v) is 7.34. The van der Waals surface area contributed by atoms with Gasteiger partial charge in [0.2, 0.25) is 0 Å². The number of carbonyl (C=O) groups is 1. The third-order valence-corrected chi connectivity index (χ3v) is 1.98. The molecule has 0 atom stereocenters. The largest absolute Gasteiger partial charge is 0.453 e. The van der Waals surface area contributed by atoms with Gasteiger partial charge in [0.1, 0.15) is 5.58 Å². The van der Waals surface area contributed by atoms with E-state index < -0.39 is 11.7 Å². The summed E-state index contributed by atoms with van der Waals surface area (Å²) >= 11 is 0. The minimum absolute atomic E-state index is 0.0179. The quantitative estimate of drug-likeness (QED) is 0.682. The molecule has 0 unspecified atom stereocenters. The molecular formula is C10H5F3O2. The van der Waals surface area contributed by atoms with Crippen molar-refractivity contribution >= 4 is 17.3 Å². The average Bonchev–Trinajstić information content (AvgIpc) is 2.57. The van der Waals surface area contributed by atoms with E-state index in [1.54, 1.807) is 0 Å². The molecule has 0 amide bonds. The van der Waals surface area contributed by atoms with Crippen molar-refractivity contribution in [3.05, 3.63) is 35.6 Å². The molecule has 0 saturated heterocycles. The molecule has 0 aliphatic rings. The van der Waals surface area contributed by atoms with E-state index in [0.717, 1.165) is 12.1 Å². The normalized spacial score (nSPS) is 11.9. The fourth-order valence-corrected chi connectivity index (χ4v) is 1.30. The van der Waals surface area contributed by atoms with E-state index in [1.165, 1.54) is 12.1 Å². The Kier molecular flexibility index (Phi) is 2.03. The number of hydrogen-bond donors (Lipinski definition) is 0. The molecular weight excluding hydrogens is 209 g/mol. The van der Waals surface area contributed by atoms with Crippen LogP contribution in [-0.4, -0.2) is 6.29 Å². The number of alkyl halides is 3. The summed E-state index contributed by atoms with van der Waals surface area (Å²) in [5.41, 5.74) is -0.488. The van der Waals surface area contributed by atoms with Crippen molar-refractivity contribution < 1.29 is 22.4 Å². The lowest BCUT2D eigenvalue weighted by Crippen LogP contribution is -2.03. The van der Waals surface area contributed by atoms with E-state index in [0.29, 0.717) is 6.29 Å². The Bertz CT molecular complexity index is 511. The molecule has 0 aliphatic carbocycles. The maximum Gasteiger partial charge on any atom is 0.416 e. The molecule has 0 radical (unpaired) electrons. The summed E-state index contributed by atoms with van der Waals surface area (Å²) < 4.78 is 41.9. The van der Waals surface area contributed by atoms with E-state index in [2.05, 4.69) is 0 Å². The van der Waals surface area contributed by atoms with Gasteiger partial charge in [-0.15, -0.1) is 0 Å². The third-order valence-electron chi connectivity index (χ3n) is 1.98. The number of hydrogen-bond acceptors (Lipinski definition) is 2. The van der Waals surface area contributed by atoms with Crippen LogP contribution in [0, 0.1) is 0 Å². The summed E-state index contributed by atoms with van der Waals surface area (Å²) in [5.74, 6) is 0.0179. The number of halogens is 3. The van der Waals surface area contributed by atoms with Crippen molar-refractivity contribution in [2.45, 2.75) is 6.18 Å². The number of benzene rings is 1. The number of carbonyl (C=O) groups excluding carboxylic acids is 1. The first-order chi connectivity index (χ1) is 7.00. The molecule has 0 N–H and O–H groups in total. The minimum atomic E-state index is -4.38. The fraction of sp³-hybridized carbons (Fsp3) is 0.100. The summed E-state index contributed by atoms with van der Waals surface area (Å²) in [7, 11) is 0. The van der Waals surface area contributed by atoms with Crippen molar-refractivity contribution in [1.82, 2.24) is 0 Å². The third kappa shape index (κ3) is 1.72. The molecule has 0 spiro atoms. The first kappa shape index (κ1) is 9.76. The lowest BCUT2D eigenvalue weighted by Gasteiger charge is -2.04. The van der Waals surface area contributed by atoms with Gasteiger partial charge in [0.25, 0.3) is 0 Å². The van der Waals surface area contributed by atoms with Crippen LogP contribution < -0.4 is 0 Å². The molecule has 2 nitrogen and oxygen atoms in total. The van der Waals surface area contributed by atoms with Crippen LogP contribution in [0.2, 0.25) is 0 Å². The Morgan fingerprint density at radius 1 is 1.20 bits per heavy atom. The van der Waals surface area contributed by atoms with Gasteiger partial charge in [-0.05, 0) is 24.3 Å². The predicted octanol–water partition coefficient (Wildman–Crippen LogP) is 3.26. The summed E-state index contributed by atoms with van der Waals surface area (Å²) in [6, 6.07) is 4.34. The SMILES string of the molecule is O=Cc1cc2cc(C(F)(F)F)ccc2o1. The van der Waals surface area contributed by atoms with Gasteiger partial charge in [0.05, 0.1) is 5.56 Å². The molecule has 15 heavy (non-hydrogen) atoms. The second-order valence-electron chi connectivity index (χ2n) is 3.02. The summed E-state index contributed by atoms with van der Waals surface area (Å²) in [4.78, 5) is 10.3. The van der Waals surface area contributed by atoms with Gasteiger partial charge < -0.3 is 4.42 Å². The second kappa shape index (κ2) is 3.12. The van der Waals surface area contributed by atoms with Crippen molar-refractivity contribution in [1.29, 1.82) is 0 Å². The molecule has 0 bridgehead atoms. The lowest BCUT2D eigenvalue weighted by molar-refractivity contribution is -0.137.